The number of aromatic hydroxyl groups is 2. The van der Waals surface area contributed by atoms with Gasteiger partial charge in [0.15, 0.2) is 0 Å². The third-order valence-electron chi connectivity index (χ3n) is 4.38. The van der Waals surface area contributed by atoms with Crippen LogP contribution in [0.3, 0.4) is 0 Å². The van der Waals surface area contributed by atoms with Gasteiger partial charge in [0.05, 0.1) is 0 Å². The van der Waals surface area contributed by atoms with Crippen molar-refractivity contribution in [2.45, 2.75) is 38.3 Å². The zero-order valence-electron chi connectivity index (χ0n) is 12.1. The second-order valence-electron chi connectivity index (χ2n) is 6.07. The van der Waals surface area contributed by atoms with E-state index in [1.165, 1.54) is 6.07 Å². The number of rotatable bonds is 4. The lowest BCUT2D eigenvalue weighted by Crippen LogP contribution is -2.45. The molecule has 3 rings (SSSR count). The first-order valence-corrected chi connectivity index (χ1v) is 7.66. The van der Waals surface area contributed by atoms with Crippen LogP contribution in [0.5, 0.6) is 11.5 Å². The molecule has 2 fully saturated rings. The van der Waals surface area contributed by atoms with Gasteiger partial charge in [-0.1, -0.05) is 6.07 Å². The van der Waals surface area contributed by atoms with Gasteiger partial charge in [-0.2, -0.15) is 0 Å². The van der Waals surface area contributed by atoms with Crippen LogP contribution in [0.25, 0.3) is 0 Å². The molecule has 21 heavy (non-hydrogen) atoms. The number of hydrogen-bond donors (Lipinski definition) is 3. The summed E-state index contributed by atoms with van der Waals surface area (Å²) in [6.07, 6.45) is 4.04. The van der Waals surface area contributed by atoms with Gasteiger partial charge in [0.25, 0.3) is 0 Å². The molecule has 0 unspecified atom stereocenters. The summed E-state index contributed by atoms with van der Waals surface area (Å²) in [6, 6.07) is 5.03. The number of carbonyl (C=O) groups excluding carboxylic acids is 1. The quantitative estimate of drug-likeness (QED) is 0.787. The average molecular weight is 290 g/mol. The van der Waals surface area contributed by atoms with Crippen molar-refractivity contribution in [2.24, 2.45) is 5.92 Å². The predicted molar refractivity (Wildman–Crippen MR) is 78.9 cm³/mol. The predicted octanol–water partition coefficient (Wildman–Crippen LogP) is 1.59. The Morgan fingerprint density at radius 1 is 1.19 bits per heavy atom. The van der Waals surface area contributed by atoms with Gasteiger partial charge in [-0.3, -0.25) is 4.79 Å². The number of hydrogen-bond acceptors (Lipinski definition) is 4. The number of benzene rings is 1. The van der Waals surface area contributed by atoms with Crippen molar-refractivity contribution in [3.8, 4) is 11.5 Å². The Morgan fingerprint density at radius 3 is 2.52 bits per heavy atom. The Balaban J connectivity index is 1.45. The van der Waals surface area contributed by atoms with E-state index in [1.54, 1.807) is 12.1 Å². The van der Waals surface area contributed by atoms with Crippen molar-refractivity contribution in [3.05, 3.63) is 23.8 Å². The molecule has 1 amide bonds. The number of amides is 1. The smallest absolute Gasteiger partial charge is 0.225 e. The Labute approximate surface area is 124 Å². The van der Waals surface area contributed by atoms with E-state index in [-0.39, 0.29) is 11.5 Å². The summed E-state index contributed by atoms with van der Waals surface area (Å²) in [5.74, 6) is 0.833. The Morgan fingerprint density at radius 2 is 1.90 bits per heavy atom. The molecule has 0 radical (unpaired) electrons. The Bertz CT molecular complexity index is 520. The molecule has 1 aromatic carbocycles. The number of nitrogens with one attached hydrogen (secondary N) is 1. The summed E-state index contributed by atoms with van der Waals surface area (Å²) >= 11 is 0. The van der Waals surface area contributed by atoms with Gasteiger partial charge >= 0.3 is 0 Å². The standard InChI is InChI=1S/C16H22N2O3/c19-14-4-3-12(15(20)9-14)10-17-13-5-7-18(8-6-13)16(21)11-1-2-11/h3-4,9,11,13,17,19-20H,1-2,5-8,10H2. The highest BCUT2D eigenvalue weighted by Gasteiger charge is 2.34. The van der Waals surface area contributed by atoms with Gasteiger partial charge in [0.1, 0.15) is 11.5 Å². The van der Waals surface area contributed by atoms with E-state index in [2.05, 4.69) is 5.32 Å². The molecule has 2 aliphatic rings. The molecule has 0 bridgehead atoms. The zero-order valence-corrected chi connectivity index (χ0v) is 12.1. The van der Waals surface area contributed by atoms with Gasteiger partial charge in [-0.15, -0.1) is 0 Å². The van der Waals surface area contributed by atoms with Gasteiger partial charge in [-0.25, -0.2) is 0 Å². The summed E-state index contributed by atoms with van der Waals surface area (Å²) in [5, 5.41) is 22.4. The molecule has 114 valence electrons. The van der Waals surface area contributed by atoms with Crippen molar-refractivity contribution >= 4 is 5.91 Å². The lowest BCUT2D eigenvalue weighted by molar-refractivity contribution is -0.133. The third-order valence-corrected chi connectivity index (χ3v) is 4.38. The minimum Gasteiger partial charge on any atom is -0.508 e. The fraction of sp³-hybridized carbons (Fsp3) is 0.562. The van der Waals surface area contributed by atoms with E-state index in [9.17, 15) is 15.0 Å². The molecule has 3 N–H and O–H groups in total. The number of nitrogens with zero attached hydrogens (tertiary/aromatic N) is 1. The van der Waals surface area contributed by atoms with E-state index in [1.807, 2.05) is 4.90 Å². The molecule has 1 heterocycles. The van der Waals surface area contributed by atoms with Crippen LogP contribution >= 0.6 is 0 Å². The second kappa shape index (κ2) is 5.93. The van der Waals surface area contributed by atoms with Gasteiger partial charge in [-0.05, 0) is 31.7 Å². The Kier molecular flexibility index (Phi) is 4.01. The summed E-state index contributed by atoms with van der Waals surface area (Å²) < 4.78 is 0. The summed E-state index contributed by atoms with van der Waals surface area (Å²) in [6.45, 7) is 2.23. The number of phenolic OH excluding ortho intramolecular Hbond substituents is 2. The molecular weight excluding hydrogens is 268 g/mol. The summed E-state index contributed by atoms with van der Waals surface area (Å²) in [5.41, 5.74) is 0.782. The molecule has 1 aliphatic heterocycles. The van der Waals surface area contributed by atoms with Gasteiger partial charge in [0.2, 0.25) is 5.91 Å². The van der Waals surface area contributed by atoms with Crippen molar-refractivity contribution < 1.29 is 15.0 Å². The van der Waals surface area contributed by atoms with Crippen LogP contribution in [0.1, 0.15) is 31.2 Å². The van der Waals surface area contributed by atoms with E-state index in [0.29, 0.717) is 24.4 Å². The number of phenols is 2. The monoisotopic (exact) mass is 290 g/mol. The third kappa shape index (κ3) is 3.47. The molecule has 1 aromatic rings. The van der Waals surface area contributed by atoms with Crippen molar-refractivity contribution in [1.29, 1.82) is 0 Å². The maximum absolute atomic E-state index is 12.0. The normalized spacial score (nSPS) is 19.7. The van der Waals surface area contributed by atoms with Crippen LogP contribution in [0.4, 0.5) is 0 Å². The topological polar surface area (TPSA) is 72.8 Å². The average Bonchev–Trinajstić information content (AvgIpc) is 3.31. The van der Waals surface area contributed by atoms with Crippen molar-refractivity contribution in [3.63, 3.8) is 0 Å². The number of likely N-dealkylation sites (tertiary alicyclic amines) is 1. The second-order valence-corrected chi connectivity index (χ2v) is 6.07. The van der Waals surface area contributed by atoms with Crippen LogP contribution in [0.2, 0.25) is 0 Å². The highest BCUT2D eigenvalue weighted by Crippen LogP contribution is 2.32. The molecule has 0 atom stereocenters. The van der Waals surface area contributed by atoms with E-state index < -0.39 is 0 Å². The summed E-state index contributed by atoms with van der Waals surface area (Å²) in [7, 11) is 0. The molecule has 1 saturated carbocycles. The SMILES string of the molecule is O=C(C1CC1)N1CCC(NCc2ccc(O)cc2O)CC1. The number of piperidine rings is 1. The van der Waals surface area contributed by atoms with Gasteiger partial charge < -0.3 is 20.4 Å². The lowest BCUT2D eigenvalue weighted by Gasteiger charge is -2.32. The highest BCUT2D eigenvalue weighted by molar-refractivity contribution is 5.81. The first-order valence-electron chi connectivity index (χ1n) is 7.66. The summed E-state index contributed by atoms with van der Waals surface area (Å²) in [4.78, 5) is 14.0. The Hall–Kier alpha value is -1.75. The largest absolute Gasteiger partial charge is 0.508 e. The van der Waals surface area contributed by atoms with Crippen LogP contribution in [0.15, 0.2) is 18.2 Å². The van der Waals surface area contributed by atoms with Crippen molar-refractivity contribution in [1.82, 2.24) is 10.2 Å². The maximum Gasteiger partial charge on any atom is 0.225 e. The molecule has 0 aromatic heterocycles. The molecule has 1 aliphatic carbocycles. The minimum absolute atomic E-state index is 0.0724. The minimum atomic E-state index is 0.0724. The fourth-order valence-corrected chi connectivity index (χ4v) is 2.85. The van der Waals surface area contributed by atoms with Crippen LogP contribution in [-0.2, 0) is 11.3 Å². The highest BCUT2D eigenvalue weighted by atomic mass is 16.3. The van der Waals surface area contributed by atoms with Crippen LogP contribution < -0.4 is 5.32 Å². The molecule has 5 nitrogen and oxygen atoms in total. The van der Waals surface area contributed by atoms with Crippen LogP contribution in [0, 0.1) is 5.92 Å². The molecule has 0 spiro atoms. The molecule has 5 heteroatoms. The zero-order chi connectivity index (χ0) is 14.8. The lowest BCUT2D eigenvalue weighted by atomic mass is 10.0. The van der Waals surface area contributed by atoms with E-state index in [0.717, 1.165) is 44.3 Å². The first kappa shape index (κ1) is 14.2. The van der Waals surface area contributed by atoms with E-state index >= 15 is 0 Å². The van der Waals surface area contributed by atoms with E-state index in [4.69, 9.17) is 0 Å². The fourth-order valence-electron chi connectivity index (χ4n) is 2.85. The molecule has 1 saturated heterocycles. The maximum atomic E-state index is 12.0. The van der Waals surface area contributed by atoms with Gasteiger partial charge in [0, 0.05) is 43.2 Å². The first-order chi connectivity index (χ1) is 10.1. The number of carbonyl (C=O) groups is 1. The van der Waals surface area contributed by atoms with Crippen LogP contribution in [-0.4, -0.2) is 40.2 Å². The van der Waals surface area contributed by atoms with Crippen molar-refractivity contribution in [2.75, 3.05) is 13.1 Å². The molecular formula is C16H22N2O3.